The lowest BCUT2D eigenvalue weighted by Gasteiger charge is -2.36. The fourth-order valence-corrected chi connectivity index (χ4v) is 4.56. The Morgan fingerprint density at radius 3 is 2.17 bits per heavy atom. The number of nitrogens with zero attached hydrogens (tertiary/aromatic N) is 3. The van der Waals surface area contributed by atoms with Crippen molar-refractivity contribution >= 4 is 23.4 Å². The number of anilines is 1. The average Bonchev–Trinajstić information content (AvgIpc) is 3.13. The SMILES string of the molecule is O=C(c1ccc2c(c1)C(=O)N(Cc1ccccc1)C2=O)N1CCN(c2cccc(C(F)(F)F)c2)CC1. The molecule has 3 aromatic rings. The first-order valence-corrected chi connectivity index (χ1v) is 11.5. The molecule has 2 aliphatic heterocycles. The van der Waals surface area contributed by atoms with E-state index in [0.29, 0.717) is 37.4 Å². The number of hydrogen-bond donors (Lipinski definition) is 0. The summed E-state index contributed by atoms with van der Waals surface area (Å²) in [6.07, 6.45) is -4.42. The molecule has 184 valence electrons. The summed E-state index contributed by atoms with van der Waals surface area (Å²) in [4.78, 5) is 43.5. The quantitative estimate of drug-likeness (QED) is 0.504. The van der Waals surface area contributed by atoms with E-state index in [2.05, 4.69) is 0 Å². The first-order chi connectivity index (χ1) is 17.2. The maximum absolute atomic E-state index is 13.1. The van der Waals surface area contributed by atoms with Gasteiger partial charge in [0.2, 0.25) is 0 Å². The van der Waals surface area contributed by atoms with Crippen LogP contribution in [0.2, 0.25) is 0 Å². The molecule has 1 fully saturated rings. The molecule has 0 N–H and O–H groups in total. The maximum atomic E-state index is 13.1. The molecule has 0 radical (unpaired) electrons. The topological polar surface area (TPSA) is 60.9 Å². The van der Waals surface area contributed by atoms with E-state index < -0.39 is 23.6 Å². The van der Waals surface area contributed by atoms with Gasteiger partial charge in [0, 0.05) is 37.4 Å². The van der Waals surface area contributed by atoms with E-state index in [1.54, 1.807) is 11.0 Å². The second kappa shape index (κ2) is 9.14. The number of carbonyl (C=O) groups excluding carboxylic acids is 3. The van der Waals surface area contributed by atoms with Crippen molar-refractivity contribution in [3.63, 3.8) is 0 Å². The van der Waals surface area contributed by atoms with Crippen LogP contribution in [0.1, 0.15) is 42.2 Å². The van der Waals surface area contributed by atoms with E-state index in [9.17, 15) is 27.6 Å². The van der Waals surface area contributed by atoms with Crippen LogP contribution >= 0.6 is 0 Å². The molecule has 3 aromatic carbocycles. The van der Waals surface area contributed by atoms with Crippen molar-refractivity contribution < 1.29 is 27.6 Å². The number of piperazine rings is 1. The minimum Gasteiger partial charge on any atom is -0.368 e. The molecule has 1 saturated heterocycles. The second-order valence-corrected chi connectivity index (χ2v) is 8.77. The van der Waals surface area contributed by atoms with Crippen LogP contribution in [0.3, 0.4) is 0 Å². The van der Waals surface area contributed by atoms with Crippen LogP contribution in [0.15, 0.2) is 72.8 Å². The molecule has 0 spiro atoms. The molecular formula is C27H22F3N3O3. The molecule has 36 heavy (non-hydrogen) atoms. The van der Waals surface area contributed by atoms with Gasteiger partial charge in [-0.1, -0.05) is 36.4 Å². The third-order valence-corrected chi connectivity index (χ3v) is 6.51. The summed E-state index contributed by atoms with van der Waals surface area (Å²) in [5, 5.41) is 0. The molecule has 3 amide bonds. The number of imide groups is 1. The Balaban J connectivity index is 1.27. The van der Waals surface area contributed by atoms with Crippen LogP contribution in [-0.2, 0) is 12.7 Å². The van der Waals surface area contributed by atoms with Crippen molar-refractivity contribution in [2.45, 2.75) is 12.7 Å². The number of rotatable bonds is 4. The van der Waals surface area contributed by atoms with Gasteiger partial charge in [-0.25, -0.2) is 0 Å². The molecular weight excluding hydrogens is 471 g/mol. The smallest absolute Gasteiger partial charge is 0.368 e. The molecule has 0 aliphatic carbocycles. The predicted octanol–water partition coefficient (Wildman–Crippen LogP) is 4.46. The molecule has 0 bridgehead atoms. The molecule has 0 atom stereocenters. The number of hydrogen-bond acceptors (Lipinski definition) is 4. The Morgan fingerprint density at radius 2 is 1.47 bits per heavy atom. The van der Waals surface area contributed by atoms with Gasteiger partial charge in [0.15, 0.2) is 0 Å². The van der Waals surface area contributed by atoms with Gasteiger partial charge in [0.25, 0.3) is 17.7 Å². The third kappa shape index (κ3) is 4.44. The second-order valence-electron chi connectivity index (χ2n) is 8.77. The molecule has 2 aliphatic rings. The van der Waals surface area contributed by atoms with Gasteiger partial charge in [0.1, 0.15) is 0 Å². The molecule has 5 rings (SSSR count). The lowest BCUT2D eigenvalue weighted by atomic mass is 10.0. The highest BCUT2D eigenvalue weighted by Crippen LogP contribution is 2.32. The van der Waals surface area contributed by atoms with Crippen molar-refractivity contribution in [1.82, 2.24) is 9.80 Å². The Morgan fingerprint density at radius 1 is 0.778 bits per heavy atom. The summed E-state index contributed by atoms with van der Waals surface area (Å²) >= 11 is 0. The molecule has 2 heterocycles. The molecule has 6 nitrogen and oxygen atoms in total. The van der Waals surface area contributed by atoms with E-state index in [1.165, 1.54) is 29.2 Å². The van der Waals surface area contributed by atoms with Crippen LogP contribution in [0, 0.1) is 0 Å². The van der Waals surface area contributed by atoms with Crippen LogP contribution in [0.4, 0.5) is 18.9 Å². The minimum atomic E-state index is -4.42. The summed E-state index contributed by atoms with van der Waals surface area (Å²) < 4.78 is 39.2. The summed E-state index contributed by atoms with van der Waals surface area (Å²) in [5.41, 5.74) is 1.33. The first kappa shape index (κ1) is 23.6. The fourth-order valence-electron chi connectivity index (χ4n) is 4.56. The van der Waals surface area contributed by atoms with Crippen molar-refractivity contribution in [2.75, 3.05) is 31.1 Å². The summed E-state index contributed by atoms with van der Waals surface area (Å²) in [6.45, 7) is 1.53. The van der Waals surface area contributed by atoms with E-state index in [4.69, 9.17) is 0 Å². The number of benzene rings is 3. The Labute approximate surface area is 205 Å². The number of halogens is 3. The Hall–Kier alpha value is -4.14. The highest BCUT2D eigenvalue weighted by molar-refractivity contribution is 6.22. The monoisotopic (exact) mass is 493 g/mol. The Bertz CT molecular complexity index is 1330. The number of fused-ring (bicyclic) bond motifs is 1. The maximum Gasteiger partial charge on any atom is 0.416 e. The van der Waals surface area contributed by atoms with Crippen molar-refractivity contribution in [3.8, 4) is 0 Å². The van der Waals surface area contributed by atoms with Crippen LogP contribution < -0.4 is 4.90 Å². The molecule has 9 heteroatoms. The van der Waals surface area contributed by atoms with E-state index >= 15 is 0 Å². The lowest BCUT2D eigenvalue weighted by molar-refractivity contribution is -0.137. The molecule has 0 aromatic heterocycles. The van der Waals surface area contributed by atoms with Gasteiger partial charge < -0.3 is 9.80 Å². The summed E-state index contributed by atoms with van der Waals surface area (Å²) in [7, 11) is 0. The van der Waals surface area contributed by atoms with Gasteiger partial charge in [-0.2, -0.15) is 13.2 Å². The van der Waals surface area contributed by atoms with Crippen LogP contribution in [-0.4, -0.2) is 53.7 Å². The normalized spacial score (nSPS) is 15.9. The van der Waals surface area contributed by atoms with Crippen LogP contribution in [0.5, 0.6) is 0 Å². The van der Waals surface area contributed by atoms with Gasteiger partial charge in [-0.3, -0.25) is 19.3 Å². The molecule has 0 unspecified atom stereocenters. The van der Waals surface area contributed by atoms with E-state index in [-0.39, 0.29) is 23.6 Å². The van der Waals surface area contributed by atoms with Gasteiger partial charge in [-0.15, -0.1) is 0 Å². The Kier molecular flexibility index (Phi) is 5.99. The average molecular weight is 493 g/mol. The largest absolute Gasteiger partial charge is 0.416 e. The van der Waals surface area contributed by atoms with Gasteiger partial charge >= 0.3 is 6.18 Å². The van der Waals surface area contributed by atoms with Gasteiger partial charge in [0.05, 0.1) is 23.2 Å². The number of alkyl halides is 3. The first-order valence-electron chi connectivity index (χ1n) is 11.5. The fraction of sp³-hybridized carbons (Fsp3) is 0.222. The van der Waals surface area contributed by atoms with Crippen molar-refractivity contribution in [1.29, 1.82) is 0 Å². The van der Waals surface area contributed by atoms with Gasteiger partial charge in [-0.05, 0) is 42.0 Å². The standard InChI is InChI=1S/C27H22F3N3O3/c28-27(29,30)20-7-4-8-21(16-20)31-11-13-32(14-12-31)24(34)19-9-10-22-23(15-19)26(36)33(25(22)35)17-18-5-2-1-3-6-18/h1-10,15-16H,11-14,17H2. The van der Waals surface area contributed by atoms with E-state index in [1.807, 2.05) is 35.2 Å². The van der Waals surface area contributed by atoms with Crippen molar-refractivity contribution in [2.24, 2.45) is 0 Å². The number of amides is 3. The predicted molar refractivity (Wildman–Crippen MR) is 127 cm³/mol. The van der Waals surface area contributed by atoms with E-state index in [0.717, 1.165) is 17.7 Å². The third-order valence-electron chi connectivity index (χ3n) is 6.51. The zero-order valence-corrected chi connectivity index (χ0v) is 19.2. The highest BCUT2D eigenvalue weighted by Gasteiger charge is 2.36. The minimum absolute atomic E-state index is 0.147. The van der Waals surface area contributed by atoms with Crippen molar-refractivity contribution in [3.05, 3.63) is 101 Å². The lowest BCUT2D eigenvalue weighted by Crippen LogP contribution is -2.48. The summed E-state index contributed by atoms with van der Waals surface area (Å²) in [6, 6.07) is 18.8. The van der Waals surface area contributed by atoms with Crippen LogP contribution in [0.25, 0.3) is 0 Å². The highest BCUT2D eigenvalue weighted by atomic mass is 19.4. The summed E-state index contributed by atoms with van der Waals surface area (Å²) in [5.74, 6) is -1.13. The molecule has 0 saturated carbocycles. The number of carbonyl (C=O) groups is 3. The zero-order valence-electron chi connectivity index (χ0n) is 19.2. The zero-order chi connectivity index (χ0) is 25.4.